The second-order valence-electron chi connectivity index (χ2n) is 5.07. The number of non-ortho nitro benzene ring substituents is 1. The van der Waals surface area contributed by atoms with Gasteiger partial charge in [0.05, 0.1) is 24.8 Å². The van der Waals surface area contributed by atoms with Crippen LogP contribution in [0.1, 0.15) is 13.8 Å². The minimum absolute atomic E-state index is 0.0460. The smallest absolute Gasteiger partial charge is 0.270 e. The topological polar surface area (TPSA) is 86.5 Å². The van der Waals surface area contributed by atoms with E-state index in [4.69, 9.17) is 9.47 Å². The van der Waals surface area contributed by atoms with Crippen LogP contribution in [0, 0.1) is 10.1 Å². The van der Waals surface area contributed by atoms with Gasteiger partial charge in [0, 0.05) is 28.0 Å². The Labute approximate surface area is 172 Å². The zero-order valence-corrected chi connectivity index (χ0v) is 17.6. The van der Waals surface area contributed by atoms with Crippen LogP contribution in [0.2, 0.25) is 0 Å². The van der Waals surface area contributed by atoms with Gasteiger partial charge >= 0.3 is 0 Å². The molecule has 0 amide bonds. The standard InChI is InChI=1S/C17H15N3O4S2.C2H6/c1-23-15-7-6-13(9-16(15)24-2)26-19-17-18-14(10-25-17)11-4-3-5-12(8-11)20(21)22;1-2/h3-10H,1-2H3,(H,18,19);1-2H3. The van der Waals surface area contributed by atoms with Gasteiger partial charge in [-0.25, -0.2) is 4.98 Å². The van der Waals surface area contributed by atoms with Crippen molar-refractivity contribution in [1.82, 2.24) is 4.98 Å². The number of nitro benzene ring substituents is 1. The number of nitro groups is 1. The van der Waals surface area contributed by atoms with Crippen LogP contribution in [-0.2, 0) is 0 Å². The molecular formula is C19H21N3O4S2. The highest BCUT2D eigenvalue weighted by atomic mass is 32.2. The zero-order chi connectivity index (χ0) is 20.5. The van der Waals surface area contributed by atoms with Crippen molar-refractivity contribution in [2.75, 3.05) is 18.9 Å². The first-order valence-corrected chi connectivity index (χ1v) is 10.2. The Hall–Kier alpha value is -2.78. The minimum atomic E-state index is -0.415. The van der Waals surface area contributed by atoms with Crippen LogP contribution < -0.4 is 14.2 Å². The van der Waals surface area contributed by atoms with E-state index in [0.717, 1.165) is 4.90 Å². The first-order valence-electron chi connectivity index (χ1n) is 8.46. The Kier molecular flexibility index (Phi) is 8.09. The predicted molar refractivity (Wildman–Crippen MR) is 115 cm³/mol. The summed E-state index contributed by atoms with van der Waals surface area (Å²) >= 11 is 2.82. The second-order valence-corrected chi connectivity index (χ2v) is 6.80. The van der Waals surface area contributed by atoms with E-state index in [1.54, 1.807) is 26.4 Å². The van der Waals surface area contributed by atoms with Crippen LogP contribution in [0.4, 0.5) is 10.8 Å². The molecule has 2 aromatic carbocycles. The molecule has 9 heteroatoms. The number of anilines is 1. The zero-order valence-electron chi connectivity index (χ0n) is 16.0. The lowest BCUT2D eigenvalue weighted by atomic mass is 10.1. The monoisotopic (exact) mass is 419 g/mol. The molecule has 148 valence electrons. The van der Waals surface area contributed by atoms with Crippen LogP contribution in [0.25, 0.3) is 11.3 Å². The van der Waals surface area contributed by atoms with Gasteiger partial charge in [-0.05, 0) is 30.1 Å². The molecule has 0 aliphatic rings. The number of methoxy groups -OCH3 is 2. The number of hydrogen-bond acceptors (Lipinski definition) is 8. The molecule has 1 heterocycles. The van der Waals surface area contributed by atoms with Gasteiger partial charge in [-0.15, -0.1) is 11.3 Å². The Bertz CT molecular complexity index is 931. The predicted octanol–water partition coefficient (Wildman–Crippen LogP) is 5.88. The van der Waals surface area contributed by atoms with Gasteiger partial charge < -0.3 is 14.2 Å². The summed E-state index contributed by atoms with van der Waals surface area (Å²) in [7, 11) is 3.18. The fourth-order valence-electron chi connectivity index (χ4n) is 2.21. The van der Waals surface area contributed by atoms with Gasteiger partial charge in [-0.3, -0.25) is 10.1 Å². The van der Waals surface area contributed by atoms with Gasteiger partial charge in [-0.1, -0.05) is 26.0 Å². The first-order chi connectivity index (χ1) is 13.6. The van der Waals surface area contributed by atoms with Crippen molar-refractivity contribution in [1.29, 1.82) is 0 Å². The summed E-state index contributed by atoms with van der Waals surface area (Å²) in [6, 6.07) is 12.0. The minimum Gasteiger partial charge on any atom is -0.493 e. The number of nitrogens with one attached hydrogen (secondary N) is 1. The third kappa shape index (κ3) is 5.37. The van der Waals surface area contributed by atoms with Gasteiger partial charge in [0.25, 0.3) is 5.69 Å². The van der Waals surface area contributed by atoms with Crippen molar-refractivity contribution in [3.05, 3.63) is 58.0 Å². The Balaban J connectivity index is 0.00000136. The number of ether oxygens (including phenoxy) is 2. The molecule has 1 aromatic heterocycles. The summed E-state index contributed by atoms with van der Waals surface area (Å²) in [6.45, 7) is 4.00. The molecule has 0 fully saturated rings. The van der Waals surface area contributed by atoms with E-state index >= 15 is 0 Å². The Morgan fingerprint density at radius 1 is 1.11 bits per heavy atom. The van der Waals surface area contributed by atoms with Gasteiger partial charge in [-0.2, -0.15) is 0 Å². The number of thiazole rings is 1. The molecule has 0 aliphatic carbocycles. The molecule has 0 saturated carbocycles. The third-order valence-corrected chi connectivity index (χ3v) is 5.14. The highest BCUT2D eigenvalue weighted by Gasteiger charge is 2.11. The number of benzene rings is 2. The maximum atomic E-state index is 10.9. The van der Waals surface area contributed by atoms with E-state index in [1.165, 1.54) is 35.4 Å². The van der Waals surface area contributed by atoms with E-state index in [1.807, 2.05) is 37.4 Å². The van der Waals surface area contributed by atoms with Crippen molar-refractivity contribution < 1.29 is 14.4 Å². The Morgan fingerprint density at radius 3 is 2.54 bits per heavy atom. The Morgan fingerprint density at radius 2 is 1.86 bits per heavy atom. The fourth-order valence-corrected chi connectivity index (χ4v) is 3.65. The molecule has 0 bridgehead atoms. The maximum absolute atomic E-state index is 10.9. The van der Waals surface area contributed by atoms with Crippen molar-refractivity contribution in [3.63, 3.8) is 0 Å². The van der Waals surface area contributed by atoms with Crippen LogP contribution >= 0.6 is 23.3 Å². The third-order valence-electron chi connectivity index (χ3n) is 3.47. The van der Waals surface area contributed by atoms with Crippen LogP contribution in [0.3, 0.4) is 0 Å². The highest BCUT2D eigenvalue weighted by Crippen LogP contribution is 2.34. The average Bonchev–Trinajstić information content (AvgIpc) is 3.22. The average molecular weight is 420 g/mol. The quantitative estimate of drug-likeness (QED) is 0.291. The van der Waals surface area contributed by atoms with Crippen molar-refractivity contribution in [3.8, 4) is 22.8 Å². The van der Waals surface area contributed by atoms with Crippen molar-refractivity contribution >= 4 is 34.1 Å². The number of nitrogens with zero attached hydrogens (tertiary/aromatic N) is 2. The van der Waals surface area contributed by atoms with E-state index < -0.39 is 4.92 Å². The maximum Gasteiger partial charge on any atom is 0.270 e. The molecule has 3 rings (SSSR count). The van der Waals surface area contributed by atoms with Crippen LogP contribution in [0.15, 0.2) is 52.7 Å². The molecule has 0 spiro atoms. The van der Waals surface area contributed by atoms with Crippen molar-refractivity contribution in [2.45, 2.75) is 18.7 Å². The molecular weight excluding hydrogens is 398 g/mol. The van der Waals surface area contributed by atoms with Crippen molar-refractivity contribution in [2.24, 2.45) is 0 Å². The first kappa shape index (κ1) is 21.5. The molecule has 1 N–H and O–H groups in total. The molecule has 7 nitrogen and oxygen atoms in total. The van der Waals surface area contributed by atoms with Gasteiger partial charge in [0.1, 0.15) is 0 Å². The summed E-state index contributed by atoms with van der Waals surface area (Å²) in [5.41, 5.74) is 1.44. The summed E-state index contributed by atoms with van der Waals surface area (Å²) < 4.78 is 13.7. The van der Waals surface area contributed by atoms with E-state index in [0.29, 0.717) is 27.9 Å². The van der Waals surface area contributed by atoms with E-state index in [-0.39, 0.29) is 5.69 Å². The van der Waals surface area contributed by atoms with E-state index in [2.05, 4.69) is 9.71 Å². The highest BCUT2D eigenvalue weighted by molar-refractivity contribution is 8.00. The lowest BCUT2D eigenvalue weighted by Gasteiger charge is -2.09. The fraction of sp³-hybridized carbons (Fsp3) is 0.211. The lowest BCUT2D eigenvalue weighted by molar-refractivity contribution is -0.384. The summed E-state index contributed by atoms with van der Waals surface area (Å²) in [6.07, 6.45) is 0. The van der Waals surface area contributed by atoms with Gasteiger partial charge in [0.15, 0.2) is 16.6 Å². The SMILES string of the molecule is CC.COc1ccc(SNc2nc(-c3cccc([N+](=O)[O-])c3)cs2)cc1OC. The second kappa shape index (κ2) is 10.5. The van der Waals surface area contributed by atoms with Crippen LogP contribution in [0.5, 0.6) is 11.5 Å². The van der Waals surface area contributed by atoms with E-state index in [9.17, 15) is 10.1 Å². The summed E-state index contributed by atoms with van der Waals surface area (Å²) in [5, 5.41) is 13.5. The molecule has 0 saturated heterocycles. The molecule has 0 radical (unpaired) electrons. The number of hydrogen-bond donors (Lipinski definition) is 1. The van der Waals surface area contributed by atoms with Crippen LogP contribution in [-0.4, -0.2) is 24.1 Å². The normalized spacial score (nSPS) is 9.86. The number of aromatic nitrogens is 1. The molecule has 0 unspecified atom stereocenters. The number of rotatable bonds is 7. The molecule has 28 heavy (non-hydrogen) atoms. The summed E-state index contributed by atoms with van der Waals surface area (Å²) in [5.74, 6) is 1.31. The largest absolute Gasteiger partial charge is 0.493 e. The lowest BCUT2D eigenvalue weighted by Crippen LogP contribution is -1.92. The molecule has 0 atom stereocenters. The summed E-state index contributed by atoms with van der Waals surface area (Å²) in [4.78, 5) is 15.9. The molecule has 0 aliphatic heterocycles. The molecule has 3 aromatic rings. The van der Waals surface area contributed by atoms with Gasteiger partial charge in [0.2, 0.25) is 0 Å².